The number of aromatic nitrogens is 4. The first-order valence-corrected chi connectivity index (χ1v) is 8.28. The van der Waals surface area contributed by atoms with E-state index >= 15 is 0 Å². The molecule has 2 aromatic heterocycles. The Morgan fingerprint density at radius 1 is 1.15 bits per heavy atom. The summed E-state index contributed by atoms with van der Waals surface area (Å²) in [7, 11) is 0. The average molecular weight is 366 g/mol. The Balaban J connectivity index is 1.72. The summed E-state index contributed by atoms with van der Waals surface area (Å²) in [5.74, 6) is 0.296. The van der Waals surface area contributed by atoms with Gasteiger partial charge in [0.2, 0.25) is 0 Å². The molecular formula is C18H12ClN5O2. The van der Waals surface area contributed by atoms with E-state index in [1.165, 1.54) is 6.20 Å². The van der Waals surface area contributed by atoms with Crippen molar-refractivity contribution >= 4 is 17.3 Å². The Morgan fingerprint density at radius 2 is 1.92 bits per heavy atom. The molecule has 0 radical (unpaired) electrons. The molecule has 8 heteroatoms. The van der Waals surface area contributed by atoms with Crippen LogP contribution in [0.4, 0.5) is 5.69 Å². The third kappa shape index (κ3) is 2.80. The molecule has 2 N–H and O–H groups in total. The molecule has 1 aliphatic rings. The summed E-state index contributed by atoms with van der Waals surface area (Å²) in [6.45, 7) is 7.32. The van der Waals surface area contributed by atoms with Gasteiger partial charge in [0.25, 0.3) is 5.56 Å². The topological polar surface area (TPSA) is 95.9 Å². The van der Waals surface area contributed by atoms with Crippen LogP contribution in [-0.4, -0.2) is 20.2 Å². The number of H-pyrrole nitrogens is 2. The molecule has 1 fully saturated rings. The van der Waals surface area contributed by atoms with Gasteiger partial charge >= 0.3 is 5.69 Å². The number of rotatable bonds is 3. The van der Waals surface area contributed by atoms with Crippen molar-refractivity contribution in [1.82, 2.24) is 20.2 Å². The lowest BCUT2D eigenvalue weighted by atomic mass is 10.0. The van der Waals surface area contributed by atoms with E-state index in [1.807, 2.05) is 18.2 Å². The smallest absolute Gasteiger partial charge is 0.313 e. The van der Waals surface area contributed by atoms with Gasteiger partial charge in [-0.2, -0.15) is 0 Å². The first kappa shape index (κ1) is 16.2. The highest BCUT2D eigenvalue weighted by Crippen LogP contribution is 2.57. The van der Waals surface area contributed by atoms with Crippen molar-refractivity contribution in [2.45, 2.75) is 18.3 Å². The molecule has 0 bridgehead atoms. The lowest BCUT2D eigenvalue weighted by molar-refractivity contribution is 0.953. The van der Waals surface area contributed by atoms with Crippen LogP contribution in [0, 0.1) is 6.57 Å². The van der Waals surface area contributed by atoms with Crippen molar-refractivity contribution in [2.75, 3.05) is 0 Å². The van der Waals surface area contributed by atoms with Crippen LogP contribution >= 0.6 is 11.6 Å². The van der Waals surface area contributed by atoms with Crippen molar-refractivity contribution in [3.63, 3.8) is 0 Å². The van der Waals surface area contributed by atoms with E-state index in [1.54, 1.807) is 12.1 Å². The molecule has 3 aromatic rings. The maximum absolute atomic E-state index is 12.0. The molecule has 4 rings (SSSR count). The highest BCUT2D eigenvalue weighted by Gasteiger charge is 2.42. The molecule has 0 spiro atoms. The molecule has 0 amide bonds. The molecule has 1 aliphatic carbocycles. The molecule has 26 heavy (non-hydrogen) atoms. The minimum absolute atomic E-state index is 0.112. The van der Waals surface area contributed by atoms with E-state index in [0.29, 0.717) is 11.4 Å². The van der Waals surface area contributed by atoms with Gasteiger partial charge in [0.15, 0.2) is 10.8 Å². The number of hydrogen-bond donors (Lipinski definition) is 2. The van der Waals surface area contributed by atoms with Crippen LogP contribution in [0.25, 0.3) is 16.1 Å². The number of nitrogens with one attached hydrogen (secondary N) is 2. The van der Waals surface area contributed by atoms with E-state index < -0.39 is 11.2 Å². The predicted octanol–water partition coefficient (Wildman–Crippen LogP) is 3.00. The van der Waals surface area contributed by atoms with Crippen molar-refractivity contribution in [1.29, 1.82) is 0 Å². The Labute approximate surface area is 152 Å². The van der Waals surface area contributed by atoms with Crippen LogP contribution in [-0.2, 0) is 0 Å². The Bertz CT molecular complexity index is 1160. The summed E-state index contributed by atoms with van der Waals surface area (Å²) in [5, 5.41) is 8.21. The first-order chi connectivity index (χ1) is 12.6. The van der Waals surface area contributed by atoms with Crippen LogP contribution in [0.5, 0.6) is 0 Å². The van der Waals surface area contributed by atoms with E-state index in [0.717, 1.165) is 17.5 Å². The molecule has 128 valence electrons. The number of nitrogens with zero attached hydrogens (tertiary/aromatic N) is 3. The Kier molecular flexibility index (Phi) is 3.90. The fourth-order valence-electron chi connectivity index (χ4n) is 3.17. The summed E-state index contributed by atoms with van der Waals surface area (Å²) in [6, 6.07) is 9.24. The summed E-state index contributed by atoms with van der Waals surface area (Å²) in [4.78, 5) is 31.3. The number of benzene rings is 1. The molecule has 0 unspecified atom stereocenters. The molecule has 2 heterocycles. The van der Waals surface area contributed by atoms with Gasteiger partial charge in [-0.1, -0.05) is 35.9 Å². The second-order valence-corrected chi connectivity index (χ2v) is 6.44. The van der Waals surface area contributed by atoms with Crippen molar-refractivity contribution < 1.29 is 0 Å². The maximum atomic E-state index is 12.0. The number of para-hydroxylation sites is 1. The molecule has 0 saturated heterocycles. The number of hydrogen-bond acceptors (Lipinski definition) is 4. The summed E-state index contributed by atoms with van der Waals surface area (Å²) >= 11 is 6.23. The van der Waals surface area contributed by atoms with E-state index in [2.05, 4.69) is 25.0 Å². The van der Waals surface area contributed by atoms with Gasteiger partial charge < -0.3 is 4.98 Å². The first-order valence-electron chi connectivity index (χ1n) is 7.90. The fraction of sp³-hybridized carbons (Fsp3) is 0.167. The maximum Gasteiger partial charge on any atom is 0.325 e. The van der Waals surface area contributed by atoms with Gasteiger partial charge in [-0.05, 0) is 35.4 Å². The SMILES string of the molecule is [C-]#[N+]c1ccccc1[C@H]1C[C@@H]1c1cc(-c2c[nH]c(=O)[nH]c2=O)nnc1Cl. The number of aromatic amines is 2. The van der Waals surface area contributed by atoms with Gasteiger partial charge in [-0.15, -0.1) is 10.2 Å². The third-order valence-corrected chi connectivity index (χ3v) is 4.81. The molecule has 7 nitrogen and oxygen atoms in total. The second kappa shape index (κ2) is 6.24. The van der Waals surface area contributed by atoms with Crippen molar-refractivity contribution in [3.05, 3.63) is 85.1 Å². The summed E-state index contributed by atoms with van der Waals surface area (Å²) in [6.07, 6.45) is 2.15. The third-order valence-electron chi connectivity index (χ3n) is 4.52. The van der Waals surface area contributed by atoms with Crippen molar-refractivity contribution in [3.8, 4) is 11.3 Å². The molecule has 1 aromatic carbocycles. The molecule has 1 saturated carbocycles. The Hall–Kier alpha value is -3.24. The zero-order valence-corrected chi connectivity index (χ0v) is 14.1. The number of halogens is 1. The standard InChI is InChI=1S/C18H12ClN5O2/c1-20-14-5-3-2-4-9(14)10-6-11(10)12-7-15(23-24-16(12)19)13-8-21-18(26)22-17(13)25/h2-5,7-8,10-11H,6H2,(H2,21,22,25,26)/t10-,11+/m1/s1. The second-order valence-electron chi connectivity index (χ2n) is 6.08. The van der Waals surface area contributed by atoms with Gasteiger partial charge in [-0.25, -0.2) is 9.64 Å². The summed E-state index contributed by atoms with van der Waals surface area (Å²) < 4.78 is 0. The van der Waals surface area contributed by atoms with E-state index in [9.17, 15) is 9.59 Å². The van der Waals surface area contributed by atoms with E-state index in [-0.39, 0.29) is 22.6 Å². The zero-order valence-electron chi connectivity index (χ0n) is 13.4. The largest absolute Gasteiger partial charge is 0.325 e. The van der Waals surface area contributed by atoms with Gasteiger partial charge in [0, 0.05) is 6.20 Å². The van der Waals surface area contributed by atoms with Gasteiger partial charge in [0.05, 0.1) is 12.1 Å². The predicted molar refractivity (Wildman–Crippen MR) is 96.5 cm³/mol. The van der Waals surface area contributed by atoms with Crippen LogP contribution in [0.15, 0.2) is 46.1 Å². The van der Waals surface area contributed by atoms with Crippen LogP contribution in [0.1, 0.15) is 29.4 Å². The average Bonchev–Trinajstić information content (AvgIpc) is 3.43. The highest BCUT2D eigenvalue weighted by atomic mass is 35.5. The quantitative estimate of drug-likeness (QED) is 0.697. The minimum Gasteiger partial charge on any atom is -0.313 e. The van der Waals surface area contributed by atoms with E-state index in [4.69, 9.17) is 18.2 Å². The zero-order chi connectivity index (χ0) is 18.3. The molecule has 2 atom stereocenters. The summed E-state index contributed by atoms with van der Waals surface area (Å²) in [5.41, 5.74) is 1.84. The molecule has 0 aliphatic heterocycles. The Morgan fingerprint density at radius 3 is 2.69 bits per heavy atom. The van der Waals surface area contributed by atoms with Crippen LogP contribution < -0.4 is 11.2 Å². The van der Waals surface area contributed by atoms with Gasteiger partial charge in [0.1, 0.15) is 5.69 Å². The van der Waals surface area contributed by atoms with Crippen molar-refractivity contribution in [2.24, 2.45) is 0 Å². The molecular weight excluding hydrogens is 354 g/mol. The lowest BCUT2D eigenvalue weighted by Gasteiger charge is -2.07. The van der Waals surface area contributed by atoms with Crippen LogP contribution in [0.2, 0.25) is 5.15 Å². The minimum atomic E-state index is -0.584. The lowest BCUT2D eigenvalue weighted by Crippen LogP contribution is -2.23. The fourth-order valence-corrected chi connectivity index (χ4v) is 3.40. The normalized spacial score (nSPS) is 18.3. The van der Waals surface area contributed by atoms with Gasteiger partial charge in [-0.3, -0.25) is 9.78 Å². The highest BCUT2D eigenvalue weighted by molar-refractivity contribution is 6.30. The van der Waals surface area contributed by atoms with Crippen LogP contribution in [0.3, 0.4) is 0 Å². The monoisotopic (exact) mass is 365 g/mol.